The van der Waals surface area contributed by atoms with E-state index in [1.807, 2.05) is 0 Å². The minimum absolute atomic E-state index is 0. The first kappa shape index (κ1) is 56.5. The Morgan fingerprint density at radius 3 is 1.16 bits per heavy atom. The number of urea groups is 2. The van der Waals surface area contributed by atoms with E-state index in [9.17, 15) is 24.0 Å². The maximum Gasteiger partial charge on any atom is 0.404 e. The van der Waals surface area contributed by atoms with Gasteiger partial charge in [-0.1, -0.05) is 38.5 Å². The van der Waals surface area contributed by atoms with E-state index in [1.54, 1.807) is 0 Å². The van der Waals surface area contributed by atoms with Crippen molar-refractivity contribution in [3.8, 4) is 106 Å². The number of hydrogen-bond acceptors (Lipinski definition) is 8. The summed E-state index contributed by atoms with van der Waals surface area (Å²) < 4.78 is 9.46. The van der Waals surface area contributed by atoms with E-state index in [0.717, 1.165) is 76.0 Å². The van der Waals surface area contributed by atoms with Gasteiger partial charge in [-0.15, -0.1) is 6.42 Å². The quantitative estimate of drug-likeness (QED) is 0.0564. The van der Waals surface area contributed by atoms with E-state index in [0.29, 0.717) is 45.6 Å². The number of hydrogen-bond donors (Lipinski definition) is 5. The van der Waals surface area contributed by atoms with Gasteiger partial charge >= 0.3 is 24.2 Å². The van der Waals surface area contributed by atoms with Crippen LogP contribution in [0, 0.1) is 120 Å². The first-order valence-electron chi connectivity index (χ1n) is 19.0. The number of terminal acetylenes is 1. The van der Waals surface area contributed by atoms with Gasteiger partial charge in [0.2, 0.25) is 0 Å². The predicted molar refractivity (Wildman–Crippen MR) is 230 cm³/mol. The zero-order valence-corrected chi connectivity index (χ0v) is 48.4. The fourth-order valence-electron chi connectivity index (χ4n) is 4.27. The number of rotatable bonds is 23. The average Bonchev–Trinajstić information content (AvgIpc) is 3.22. The molecule has 0 aliphatic heterocycles. The first-order valence-corrected chi connectivity index (χ1v) is 19.8. The van der Waals surface area contributed by atoms with Crippen LogP contribution in [-0.4, -0.2) is 86.9 Å². The Kier molecular flexibility index (Phi) is 40.6. The number of nitrogens with zero attached hydrogens (tertiary/aromatic N) is 1. The molecule has 0 atom stereocenters. The number of nitrogens with one attached hydrogen (secondary N) is 5. The third-order valence-corrected chi connectivity index (χ3v) is 7.51. The third-order valence-electron chi connectivity index (χ3n) is 6.97. The number of amides is 7. The zero-order valence-electron chi connectivity index (χ0n) is 34.8. The zero-order chi connectivity index (χ0) is 43.3. The van der Waals surface area contributed by atoms with E-state index in [1.165, 1.54) is 4.90 Å². The van der Waals surface area contributed by atoms with E-state index in [2.05, 4.69) is 140 Å². The molecule has 13 nitrogen and oxygen atoms in total. The van der Waals surface area contributed by atoms with Gasteiger partial charge in [-0.3, -0.25) is 4.79 Å². The molecule has 5 N–H and O–H groups in total. The average molecular weight is 1350 g/mol. The third kappa shape index (κ3) is 39.2. The molecule has 0 radical (unpaired) electrons. The van der Waals surface area contributed by atoms with Gasteiger partial charge in [-0.2, -0.15) is 0 Å². The molecule has 0 aliphatic rings. The van der Waals surface area contributed by atoms with Crippen LogP contribution in [0.5, 0.6) is 0 Å². The number of alkyl carbamates (subject to hydrolysis) is 2. The van der Waals surface area contributed by atoms with Gasteiger partial charge in [0.25, 0.3) is 5.24 Å². The van der Waals surface area contributed by atoms with Gasteiger partial charge in [0.05, 0.1) is 0 Å². The molecule has 16 heteroatoms. The van der Waals surface area contributed by atoms with Crippen LogP contribution < -0.4 is 26.6 Å². The van der Waals surface area contributed by atoms with Crippen LogP contribution in [0.1, 0.15) is 77.0 Å². The molecule has 0 aromatic carbocycles. The summed E-state index contributed by atoms with van der Waals surface area (Å²) >= 11 is 0.797. The molecule has 61 heavy (non-hydrogen) atoms. The van der Waals surface area contributed by atoms with E-state index in [-0.39, 0.29) is 25.0 Å². The predicted octanol–water partition coefficient (Wildman–Crippen LogP) is 4.57. The molecule has 0 heterocycles. The molecule has 0 rings (SSSR count). The number of unbranched alkanes of at least 4 members (excludes halogenated alkanes) is 9. The topological polar surface area (TPSA) is 167 Å². The minimum atomic E-state index is -0.507. The summed E-state index contributed by atoms with van der Waals surface area (Å²) in [7, 11) is 0. The van der Waals surface area contributed by atoms with Crippen molar-refractivity contribution in [2.24, 2.45) is 0 Å². The van der Waals surface area contributed by atoms with Gasteiger partial charge < -0.3 is 49.9 Å². The fourth-order valence-corrected chi connectivity index (χ4v) is 4.64. The van der Waals surface area contributed by atoms with Crippen molar-refractivity contribution in [2.45, 2.75) is 77.0 Å². The Labute approximate surface area is 354 Å². The Hall–Kier alpha value is -8.86. The number of thioether (sulfide) groups is 1. The van der Waals surface area contributed by atoms with Crippen molar-refractivity contribution < 1.29 is 33.4 Å². The molecular weight excluding hydrogens is 1300 g/mol. The SMILES string of the molecule is C#CC#CC#CC#CC#CC#CC#CC#CC#CSC(=O)NCCCCCCNC(=O)N(CCCCCCNC(=O)OC[CH2-])C(=O)NCCCCCCNC(=O)OC[CH2-].[Rf].[Rf]. The second-order valence-corrected chi connectivity index (χ2v) is 12.2. The van der Waals surface area contributed by atoms with Crippen LogP contribution in [-0.2, 0) is 9.47 Å². The number of carbonyl (C=O) groups excluding carboxylic acids is 5. The Bertz CT molecular complexity index is 1910. The van der Waals surface area contributed by atoms with Crippen molar-refractivity contribution in [3.05, 3.63) is 13.8 Å². The van der Waals surface area contributed by atoms with Crippen LogP contribution in [0.2, 0.25) is 0 Å². The summed E-state index contributed by atoms with van der Waals surface area (Å²) in [5.41, 5.74) is 0. The van der Waals surface area contributed by atoms with Crippen molar-refractivity contribution in [3.63, 3.8) is 0 Å². The molecule has 0 unspecified atom stereocenters. The monoisotopic (exact) mass is 1350 g/mol. The number of carbonyl (C=O) groups is 5. The molecule has 314 valence electrons. The molecule has 0 saturated carbocycles. The summed E-state index contributed by atoms with van der Waals surface area (Å²) in [5.74, 6) is 39.2. The number of imide groups is 1. The van der Waals surface area contributed by atoms with Crippen LogP contribution in [0.15, 0.2) is 0 Å². The largest absolute Gasteiger partial charge is 0.483 e. The van der Waals surface area contributed by atoms with Gasteiger partial charge in [-0.25, -0.2) is 24.1 Å². The Morgan fingerprint density at radius 2 is 0.787 bits per heavy atom. The smallest absolute Gasteiger partial charge is 0.404 e. The molecular formula is C45H50N6O7Rf2S-2. The van der Waals surface area contributed by atoms with Crippen LogP contribution in [0.4, 0.5) is 24.0 Å². The van der Waals surface area contributed by atoms with Gasteiger partial charge in [0.1, 0.15) is 0 Å². The molecule has 0 saturated heterocycles. The molecule has 0 aliphatic carbocycles. The van der Waals surface area contributed by atoms with Gasteiger partial charge in [0, 0.05) is 51.0 Å². The van der Waals surface area contributed by atoms with Gasteiger partial charge in [-0.05, 0) is 152 Å². The second-order valence-electron chi connectivity index (χ2n) is 11.4. The van der Waals surface area contributed by atoms with E-state index in [4.69, 9.17) is 15.9 Å². The molecule has 0 spiro atoms. The molecule has 7 amide bonds. The van der Waals surface area contributed by atoms with Crippen molar-refractivity contribution in [2.75, 3.05) is 52.5 Å². The summed E-state index contributed by atoms with van der Waals surface area (Å²) in [4.78, 5) is 61.9. The van der Waals surface area contributed by atoms with Crippen molar-refractivity contribution >= 4 is 41.2 Å². The Morgan fingerprint density at radius 1 is 0.459 bits per heavy atom. The fraction of sp³-hybridized carbons (Fsp3) is 0.444. The minimum Gasteiger partial charge on any atom is -0.483 e. The van der Waals surface area contributed by atoms with E-state index < -0.39 is 24.2 Å². The normalized spacial score (nSPS) is 8.21. The molecule has 0 aromatic rings. The van der Waals surface area contributed by atoms with Crippen LogP contribution >= 0.6 is 11.8 Å². The van der Waals surface area contributed by atoms with Crippen molar-refractivity contribution in [1.29, 1.82) is 0 Å². The Balaban J connectivity index is -0.0000168. The van der Waals surface area contributed by atoms with Crippen LogP contribution in [0.25, 0.3) is 0 Å². The summed E-state index contributed by atoms with van der Waals surface area (Å²) in [6.45, 7) is 9.54. The first-order chi connectivity index (χ1) is 28.8. The standard InChI is InChI=1S/C45H50N6O7S.2Rf/c1-4-7-8-9-10-11-12-13-14-15-16-17-18-19-26-33-40-59-45(56)50-38-31-23-21-28-35-47-42(53)51(39-32-25-24-30-37-49-44(55)58-6-3)41(52)46-34-27-20-22-29-36-48-43(54)57-5-2;;/h1H,2-3,5-6,20-25,27-32,34-39H2,(H,46,52)(H,47,53)(H,48,54)(H,49,55)(H,50,56);;/q-2;;. The second kappa shape index (κ2) is 43.9. The summed E-state index contributed by atoms with van der Waals surface area (Å²) in [5, 5.41) is 16.0. The summed E-state index contributed by atoms with van der Waals surface area (Å²) in [6, 6.07) is -0.922. The maximum atomic E-state index is 13.0. The van der Waals surface area contributed by atoms with E-state index >= 15 is 0 Å². The van der Waals surface area contributed by atoms with Crippen molar-refractivity contribution in [1.82, 2.24) is 31.5 Å². The van der Waals surface area contributed by atoms with Gasteiger partial charge in [0.15, 0.2) is 0 Å². The molecule has 0 aromatic heterocycles. The molecule has 0 fully saturated rings. The van der Waals surface area contributed by atoms with Crippen LogP contribution in [0.3, 0.4) is 0 Å². The number of ether oxygens (including phenoxy) is 2. The summed E-state index contributed by atoms with van der Waals surface area (Å²) in [6.07, 6.45) is 13.2. The molecule has 0 bridgehead atoms. The maximum absolute atomic E-state index is 13.0.